The van der Waals surface area contributed by atoms with Gasteiger partial charge in [0.05, 0.1) is 21.8 Å². The van der Waals surface area contributed by atoms with Gasteiger partial charge in [-0.3, -0.25) is 0 Å². The number of thiophene rings is 1. The van der Waals surface area contributed by atoms with Gasteiger partial charge in [-0.05, 0) is 70.2 Å². The minimum atomic E-state index is -0.155. The summed E-state index contributed by atoms with van der Waals surface area (Å²) in [6.07, 6.45) is 20.2. The molecule has 3 aliphatic carbocycles. The van der Waals surface area contributed by atoms with Gasteiger partial charge >= 0.3 is 0 Å². The molecule has 0 saturated carbocycles. The predicted octanol–water partition coefficient (Wildman–Crippen LogP) is 12.5. The molecule has 0 N–H and O–H groups in total. The molecule has 0 radical (unpaired) electrons. The summed E-state index contributed by atoms with van der Waals surface area (Å²) in [5.74, 6) is 2.33. The summed E-state index contributed by atoms with van der Waals surface area (Å²) in [6.45, 7) is 0. The fourth-order valence-electron chi connectivity index (χ4n) is 8.68. The minimum absolute atomic E-state index is 0.0229. The molecule has 4 atom stereocenters. The Labute approximate surface area is 306 Å². The minimum Gasteiger partial charge on any atom is -0.484 e. The van der Waals surface area contributed by atoms with Crippen LogP contribution in [0.3, 0.4) is 0 Å². The number of hydrogen-bond donors (Lipinski definition) is 0. The van der Waals surface area contributed by atoms with Crippen molar-refractivity contribution in [2.24, 2.45) is 5.92 Å². The summed E-state index contributed by atoms with van der Waals surface area (Å²) >= 11 is 1.82. The SMILES string of the molecule is C1=CCC(C2=CCC(c3nc(C4=Cc5ccccc5C5Oc6cc(-c7ccc8ccccc8c7)ccc6C45)nc4c3sc3ccccc34)C=C2)C=C1. The lowest BCUT2D eigenvalue weighted by Crippen LogP contribution is -2.18. The van der Waals surface area contributed by atoms with Gasteiger partial charge in [0, 0.05) is 38.6 Å². The van der Waals surface area contributed by atoms with E-state index in [4.69, 9.17) is 14.7 Å². The maximum absolute atomic E-state index is 6.97. The van der Waals surface area contributed by atoms with E-state index >= 15 is 0 Å². The van der Waals surface area contributed by atoms with Gasteiger partial charge in [0.15, 0.2) is 5.82 Å². The molecule has 1 aliphatic heterocycles. The fraction of sp³-hybridized carbons (Fsp3) is 0.125. The van der Waals surface area contributed by atoms with Crippen molar-refractivity contribution in [1.82, 2.24) is 9.97 Å². The molecule has 4 heteroatoms. The average molecular weight is 687 g/mol. The highest BCUT2D eigenvalue weighted by molar-refractivity contribution is 7.25. The van der Waals surface area contributed by atoms with Gasteiger partial charge in [0.25, 0.3) is 0 Å². The van der Waals surface area contributed by atoms with Gasteiger partial charge in [-0.2, -0.15) is 0 Å². The summed E-state index contributed by atoms with van der Waals surface area (Å²) in [5.41, 5.74) is 10.6. The number of benzene rings is 5. The topological polar surface area (TPSA) is 35.0 Å². The van der Waals surface area contributed by atoms with E-state index in [1.54, 1.807) is 0 Å². The van der Waals surface area contributed by atoms with Crippen LogP contribution in [0, 0.1) is 5.92 Å². The lowest BCUT2D eigenvalue weighted by atomic mass is 9.78. The predicted molar refractivity (Wildman–Crippen MR) is 216 cm³/mol. The van der Waals surface area contributed by atoms with E-state index in [1.807, 2.05) is 11.3 Å². The molecule has 11 rings (SSSR count). The monoisotopic (exact) mass is 686 g/mol. The first-order chi connectivity index (χ1) is 25.7. The third kappa shape index (κ3) is 4.78. The summed E-state index contributed by atoms with van der Waals surface area (Å²) in [4.78, 5) is 11.0. The van der Waals surface area contributed by atoms with Crippen LogP contribution in [0.5, 0.6) is 5.75 Å². The summed E-state index contributed by atoms with van der Waals surface area (Å²) in [7, 11) is 0. The Bertz CT molecular complexity index is 2760. The van der Waals surface area contributed by atoms with Crippen LogP contribution < -0.4 is 4.74 Å². The zero-order valence-corrected chi connectivity index (χ0v) is 29.3. The molecule has 4 unspecified atom stereocenters. The number of allylic oxidation sites excluding steroid dienone is 8. The van der Waals surface area contributed by atoms with Gasteiger partial charge in [0.1, 0.15) is 11.9 Å². The number of aromatic nitrogens is 2. The Balaban J connectivity index is 1.05. The van der Waals surface area contributed by atoms with Crippen molar-refractivity contribution in [1.29, 1.82) is 0 Å². The van der Waals surface area contributed by atoms with Crippen molar-refractivity contribution in [2.45, 2.75) is 30.8 Å². The van der Waals surface area contributed by atoms with E-state index in [9.17, 15) is 0 Å². The number of nitrogens with zero attached hydrogens (tertiary/aromatic N) is 2. The maximum Gasteiger partial charge on any atom is 0.156 e. The maximum atomic E-state index is 6.97. The molecule has 2 aromatic heterocycles. The molecule has 0 fully saturated rings. The fourth-order valence-corrected chi connectivity index (χ4v) is 9.88. The molecule has 4 aliphatic rings. The smallest absolute Gasteiger partial charge is 0.156 e. The van der Waals surface area contributed by atoms with Crippen LogP contribution >= 0.6 is 11.3 Å². The zero-order valence-electron chi connectivity index (χ0n) is 28.4. The van der Waals surface area contributed by atoms with E-state index in [0.29, 0.717) is 5.92 Å². The first kappa shape index (κ1) is 29.8. The quantitative estimate of drug-likeness (QED) is 0.185. The van der Waals surface area contributed by atoms with Crippen LogP contribution in [0.15, 0.2) is 157 Å². The highest BCUT2D eigenvalue weighted by Gasteiger charge is 2.43. The van der Waals surface area contributed by atoms with Crippen molar-refractivity contribution in [3.63, 3.8) is 0 Å². The second-order valence-corrected chi connectivity index (χ2v) is 15.4. The van der Waals surface area contributed by atoms with E-state index in [1.165, 1.54) is 53.4 Å². The largest absolute Gasteiger partial charge is 0.484 e. The summed E-state index contributed by atoms with van der Waals surface area (Å²) in [5, 5.41) is 3.68. The molecule has 0 bridgehead atoms. The van der Waals surface area contributed by atoms with Gasteiger partial charge in [-0.25, -0.2) is 9.97 Å². The number of ether oxygens (including phenoxy) is 1. The Morgan fingerprint density at radius 3 is 2.44 bits per heavy atom. The van der Waals surface area contributed by atoms with Gasteiger partial charge in [-0.15, -0.1) is 11.3 Å². The van der Waals surface area contributed by atoms with Crippen LogP contribution in [-0.2, 0) is 0 Å². The van der Waals surface area contributed by atoms with Crippen LogP contribution in [0.4, 0.5) is 0 Å². The van der Waals surface area contributed by atoms with Crippen LogP contribution in [-0.4, -0.2) is 9.97 Å². The van der Waals surface area contributed by atoms with Crippen LogP contribution in [0.25, 0.3) is 53.9 Å². The molecule has 0 saturated heterocycles. The molecule has 0 amide bonds. The first-order valence-electron chi connectivity index (χ1n) is 18.3. The average Bonchev–Trinajstić information content (AvgIpc) is 3.79. The Kier molecular flexibility index (Phi) is 6.81. The second kappa shape index (κ2) is 11.9. The number of hydrogen-bond acceptors (Lipinski definition) is 4. The molecular formula is C48H34N2OS. The van der Waals surface area contributed by atoms with Gasteiger partial charge in [-0.1, -0.05) is 134 Å². The molecule has 0 spiro atoms. The van der Waals surface area contributed by atoms with Gasteiger partial charge in [0.2, 0.25) is 0 Å². The lowest BCUT2D eigenvalue weighted by molar-refractivity contribution is 0.226. The highest BCUT2D eigenvalue weighted by atomic mass is 32.1. The molecular weight excluding hydrogens is 653 g/mol. The number of rotatable bonds is 4. The van der Waals surface area contributed by atoms with Crippen molar-refractivity contribution in [2.75, 3.05) is 0 Å². The summed E-state index contributed by atoms with van der Waals surface area (Å²) in [6, 6.07) is 39.3. The zero-order chi connectivity index (χ0) is 34.2. The molecule has 3 nitrogen and oxygen atoms in total. The molecule has 52 heavy (non-hydrogen) atoms. The van der Waals surface area contributed by atoms with E-state index in [2.05, 4.69) is 158 Å². The van der Waals surface area contributed by atoms with Crippen molar-refractivity contribution in [3.05, 3.63) is 186 Å². The second-order valence-electron chi connectivity index (χ2n) is 14.3. The standard InChI is InChI=1S/C48H34N2OS/c1-2-10-29(11-3-1)31-18-21-32(22-19-31)44-47-45(39-16-8-9-17-42(39)52-47)50-48(49-44)40-27-36-14-6-7-15-37(36)46-43(40)38-25-24-35(28-41(38)51-46)34-23-20-30-12-4-5-13-33(30)26-34/h1-10,12-21,23-29,32,43,46H,11,22H2. The highest BCUT2D eigenvalue weighted by Crippen LogP contribution is 2.56. The Hall–Kier alpha value is -5.84. The van der Waals surface area contributed by atoms with E-state index in [-0.39, 0.29) is 17.9 Å². The first-order valence-corrected chi connectivity index (χ1v) is 19.1. The Morgan fingerprint density at radius 1 is 0.692 bits per heavy atom. The third-order valence-corrected chi connectivity index (χ3v) is 12.5. The third-order valence-electron chi connectivity index (χ3n) is 11.3. The van der Waals surface area contributed by atoms with Crippen molar-refractivity contribution < 1.29 is 4.74 Å². The lowest BCUT2D eigenvalue weighted by Gasteiger charge is -2.28. The Morgan fingerprint density at radius 2 is 1.54 bits per heavy atom. The molecule has 5 aromatic carbocycles. The normalized spacial score (nSPS) is 21.5. The van der Waals surface area contributed by atoms with Crippen LogP contribution in [0.2, 0.25) is 0 Å². The van der Waals surface area contributed by atoms with Crippen molar-refractivity contribution >= 4 is 54.1 Å². The van der Waals surface area contributed by atoms with Crippen molar-refractivity contribution in [3.8, 4) is 16.9 Å². The number of fused-ring (bicyclic) bond motifs is 9. The molecule has 7 aromatic rings. The van der Waals surface area contributed by atoms with Gasteiger partial charge < -0.3 is 4.74 Å². The molecule has 248 valence electrons. The molecule has 3 heterocycles. The summed E-state index contributed by atoms with van der Waals surface area (Å²) < 4.78 is 9.41. The van der Waals surface area contributed by atoms with E-state index < -0.39 is 0 Å². The van der Waals surface area contributed by atoms with E-state index in [0.717, 1.165) is 46.8 Å². The van der Waals surface area contributed by atoms with Crippen LogP contribution in [0.1, 0.15) is 59.0 Å².